The Morgan fingerprint density at radius 2 is 1.81 bits per heavy atom. The molecule has 3 aromatic rings. The predicted octanol–water partition coefficient (Wildman–Crippen LogP) is 4.42. The normalized spacial score (nSPS) is 10.8. The summed E-state index contributed by atoms with van der Waals surface area (Å²) >= 11 is 1.37. The number of hydrogen-bond acceptors (Lipinski definition) is 3. The molecule has 0 unspecified atom stereocenters. The maximum Gasteiger partial charge on any atom is 0.200 e. The van der Waals surface area contributed by atoms with Crippen LogP contribution in [0.3, 0.4) is 0 Å². The van der Waals surface area contributed by atoms with Gasteiger partial charge in [-0.1, -0.05) is 18.2 Å². The molecule has 0 aliphatic carbocycles. The molecule has 0 aliphatic rings. The lowest BCUT2D eigenvalue weighted by atomic mass is 10.0. The van der Waals surface area contributed by atoms with E-state index >= 15 is 0 Å². The molecule has 0 saturated heterocycles. The number of ketones is 1. The number of carbonyl (C=O) groups is 1. The molecular formula is C16H10F2O2S. The van der Waals surface area contributed by atoms with E-state index in [9.17, 15) is 13.6 Å². The van der Waals surface area contributed by atoms with Crippen LogP contribution in [0.1, 0.15) is 15.9 Å². The highest BCUT2D eigenvalue weighted by atomic mass is 32.1. The van der Waals surface area contributed by atoms with Crippen molar-refractivity contribution in [1.82, 2.24) is 0 Å². The molecule has 0 fully saturated rings. The monoisotopic (exact) mass is 304 g/mol. The van der Waals surface area contributed by atoms with Gasteiger partial charge in [-0.25, -0.2) is 8.78 Å². The van der Waals surface area contributed by atoms with Gasteiger partial charge in [-0.15, -0.1) is 11.3 Å². The number of fused-ring (bicyclic) bond motifs is 1. The number of rotatable bonds is 3. The lowest BCUT2D eigenvalue weighted by molar-refractivity contribution is 0.103. The molecule has 0 radical (unpaired) electrons. The molecule has 106 valence electrons. The van der Waals surface area contributed by atoms with Gasteiger partial charge >= 0.3 is 0 Å². The van der Waals surface area contributed by atoms with E-state index in [1.165, 1.54) is 18.4 Å². The van der Waals surface area contributed by atoms with Gasteiger partial charge in [-0.2, -0.15) is 0 Å². The Morgan fingerprint density at radius 1 is 1.14 bits per heavy atom. The number of ether oxygens (including phenoxy) is 1. The smallest absolute Gasteiger partial charge is 0.200 e. The van der Waals surface area contributed by atoms with Crippen molar-refractivity contribution in [3.8, 4) is 5.75 Å². The lowest BCUT2D eigenvalue weighted by Crippen LogP contribution is -2.07. The summed E-state index contributed by atoms with van der Waals surface area (Å²) in [5.41, 5.74) is -0.252. The number of carbonyl (C=O) groups excluding carboxylic acids is 1. The third-order valence-electron chi connectivity index (χ3n) is 3.20. The quantitative estimate of drug-likeness (QED) is 0.670. The molecule has 0 amide bonds. The molecule has 2 aromatic carbocycles. The zero-order valence-electron chi connectivity index (χ0n) is 11.0. The van der Waals surface area contributed by atoms with Crippen LogP contribution in [0.4, 0.5) is 8.78 Å². The van der Waals surface area contributed by atoms with Gasteiger partial charge in [0.05, 0.1) is 12.7 Å². The second kappa shape index (κ2) is 5.26. The summed E-state index contributed by atoms with van der Waals surface area (Å²) in [5, 5.41) is 2.32. The van der Waals surface area contributed by atoms with Gasteiger partial charge in [-0.3, -0.25) is 4.79 Å². The van der Waals surface area contributed by atoms with E-state index in [0.717, 1.165) is 16.8 Å². The predicted molar refractivity (Wildman–Crippen MR) is 78.2 cm³/mol. The topological polar surface area (TPSA) is 26.3 Å². The molecule has 1 heterocycles. The Hall–Kier alpha value is -2.27. The first-order valence-corrected chi connectivity index (χ1v) is 7.03. The Morgan fingerprint density at radius 3 is 2.48 bits per heavy atom. The molecule has 5 heteroatoms. The van der Waals surface area contributed by atoms with Gasteiger partial charge in [-0.05, 0) is 6.07 Å². The summed E-state index contributed by atoms with van der Waals surface area (Å²) in [6.45, 7) is 0. The Kier molecular flexibility index (Phi) is 3.43. The van der Waals surface area contributed by atoms with E-state index < -0.39 is 23.0 Å². The van der Waals surface area contributed by atoms with E-state index in [2.05, 4.69) is 0 Å². The van der Waals surface area contributed by atoms with Crippen LogP contribution in [-0.2, 0) is 0 Å². The summed E-state index contributed by atoms with van der Waals surface area (Å²) in [5.74, 6) is -2.47. The van der Waals surface area contributed by atoms with E-state index in [0.29, 0.717) is 10.9 Å². The minimum absolute atomic E-state index is 0.0386. The van der Waals surface area contributed by atoms with Crippen LogP contribution in [0.2, 0.25) is 0 Å². The molecule has 0 N–H and O–H groups in total. The van der Waals surface area contributed by atoms with Gasteiger partial charge in [0.1, 0.15) is 17.4 Å². The van der Waals surface area contributed by atoms with Crippen molar-refractivity contribution in [3.63, 3.8) is 0 Å². The summed E-state index contributed by atoms with van der Waals surface area (Å²) < 4.78 is 33.7. The van der Waals surface area contributed by atoms with Crippen molar-refractivity contribution in [1.29, 1.82) is 0 Å². The van der Waals surface area contributed by atoms with Crippen LogP contribution >= 0.6 is 11.3 Å². The van der Waals surface area contributed by atoms with Gasteiger partial charge in [0.25, 0.3) is 0 Å². The number of halogens is 2. The van der Waals surface area contributed by atoms with Crippen molar-refractivity contribution in [3.05, 3.63) is 64.5 Å². The van der Waals surface area contributed by atoms with Gasteiger partial charge < -0.3 is 4.74 Å². The fourth-order valence-corrected chi connectivity index (χ4v) is 3.11. The number of benzene rings is 2. The van der Waals surface area contributed by atoms with Crippen molar-refractivity contribution in [2.45, 2.75) is 0 Å². The minimum Gasteiger partial charge on any atom is -0.497 e. The average molecular weight is 304 g/mol. The highest BCUT2D eigenvalue weighted by molar-refractivity contribution is 7.17. The standard InChI is InChI=1S/C16H10F2O2S/c1-20-9-6-12(17)15(13(18)7-9)16(19)11-8-21-14-5-3-2-4-10(11)14/h2-8H,1H3. The van der Waals surface area contributed by atoms with Crippen molar-refractivity contribution >= 4 is 27.2 Å². The first kappa shape index (κ1) is 13.7. The molecule has 0 saturated carbocycles. The molecule has 2 nitrogen and oxygen atoms in total. The van der Waals surface area contributed by atoms with Crippen molar-refractivity contribution in [2.75, 3.05) is 7.11 Å². The fraction of sp³-hybridized carbons (Fsp3) is 0.0625. The minimum atomic E-state index is -0.924. The number of methoxy groups -OCH3 is 1. The van der Waals surface area contributed by atoms with Crippen molar-refractivity contribution < 1.29 is 18.3 Å². The largest absolute Gasteiger partial charge is 0.497 e. The molecule has 0 aliphatic heterocycles. The van der Waals surface area contributed by atoms with Crippen LogP contribution in [0, 0.1) is 11.6 Å². The molecular weight excluding hydrogens is 294 g/mol. The molecule has 0 atom stereocenters. The summed E-state index contributed by atoms with van der Waals surface area (Å²) in [4.78, 5) is 12.4. The summed E-state index contributed by atoms with van der Waals surface area (Å²) in [6, 6.07) is 9.26. The van der Waals surface area contributed by atoms with Gasteiger partial charge in [0.2, 0.25) is 0 Å². The maximum atomic E-state index is 14.0. The molecule has 0 spiro atoms. The SMILES string of the molecule is COc1cc(F)c(C(=O)c2csc3ccccc23)c(F)c1. The average Bonchev–Trinajstić information content (AvgIpc) is 2.90. The Labute approximate surface area is 123 Å². The first-order valence-electron chi connectivity index (χ1n) is 6.16. The van der Waals surface area contributed by atoms with E-state index in [1.807, 2.05) is 12.1 Å². The molecule has 0 bridgehead atoms. The van der Waals surface area contributed by atoms with Crippen LogP contribution < -0.4 is 4.74 Å². The van der Waals surface area contributed by atoms with Crippen molar-refractivity contribution in [2.24, 2.45) is 0 Å². The fourth-order valence-electron chi connectivity index (χ4n) is 2.17. The third kappa shape index (κ3) is 2.29. The summed E-state index contributed by atoms with van der Waals surface area (Å²) in [7, 11) is 1.31. The van der Waals surface area contributed by atoms with Crippen LogP contribution in [0.25, 0.3) is 10.1 Å². The highest BCUT2D eigenvalue weighted by Gasteiger charge is 2.22. The van der Waals surface area contributed by atoms with E-state index in [-0.39, 0.29) is 5.75 Å². The van der Waals surface area contributed by atoms with Gasteiger partial charge in [0.15, 0.2) is 5.78 Å². The first-order chi connectivity index (χ1) is 10.1. The second-order valence-corrected chi connectivity index (χ2v) is 5.35. The molecule has 3 rings (SSSR count). The second-order valence-electron chi connectivity index (χ2n) is 4.44. The maximum absolute atomic E-state index is 14.0. The number of thiophene rings is 1. The van der Waals surface area contributed by atoms with Gasteiger partial charge in [0, 0.05) is 33.2 Å². The molecule has 21 heavy (non-hydrogen) atoms. The van der Waals surface area contributed by atoms with E-state index in [4.69, 9.17) is 4.74 Å². The van der Waals surface area contributed by atoms with Crippen LogP contribution in [0.5, 0.6) is 5.75 Å². The Bertz CT molecular complexity index is 816. The van der Waals surface area contributed by atoms with Crippen LogP contribution in [-0.4, -0.2) is 12.9 Å². The third-order valence-corrected chi connectivity index (χ3v) is 4.17. The lowest BCUT2D eigenvalue weighted by Gasteiger charge is -2.06. The molecule has 1 aromatic heterocycles. The van der Waals surface area contributed by atoms with E-state index in [1.54, 1.807) is 17.5 Å². The van der Waals surface area contributed by atoms with Crippen LogP contribution in [0.15, 0.2) is 41.8 Å². The highest BCUT2D eigenvalue weighted by Crippen LogP contribution is 2.30. The Balaban J connectivity index is 2.15. The number of hydrogen-bond donors (Lipinski definition) is 0. The zero-order chi connectivity index (χ0) is 15.0. The zero-order valence-corrected chi connectivity index (χ0v) is 11.8. The summed E-state index contributed by atoms with van der Waals surface area (Å²) in [6.07, 6.45) is 0.